The molecule has 0 unspecified atom stereocenters. The van der Waals surface area contributed by atoms with Gasteiger partial charge in [-0.1, -0.05) is 20.8 Å². The van der Waals surface area contributed by atoms with Crippen LogP contribution in [0.25, 0.3) is 0 Å². The van der Waals surface area contributed by atoms with Gasteiger partial charge in [-0.05, 0) is 40.6 Å². The molecule has 2 N–H and O–H groups in total. The molecule has 0 fully saturated rings. The van der Waals surface area contributed by atoms with Gasteiger partial charge in [0.1, 0.15) is 4.47 Å². The van der Waals surface area contributed by atoms with Crippen LogP contribution in [0, 0.1) is 5.41 Å². The van der Waals surface area contributed by atoms with Gasteiger partial charge >= 0.3 is 0 Å². The van der Waals surface area contributed by atoms with Crippen molar-refractivity contribution in [1.29, 1.82) is 0 Å². The highest BCUT2D eigenvalue weighted by Gasteiger charge is 2.18. The van der Waals surface area contributed by atoms with Crippen molar-refractivity contribution in [3.05, 3.63) is 21.0 Å². The van der Waals surface area contributed by atoms with Crippen LogP contribution in [0.2, 0.25) is 0 Å². The highest BCUT2D eigenvalue weighted by molar-refractivity contribution is 9.10. The lowest BCUT2D eigenvalue weighted by molar-refractivity contribution is 0.248. The van der Waals surface area contributed by atoms with Crippen molar-refractivity contribution in [1.82, 2.24) is 9.78 Å². The zero-order valence-corrected chi connectivity index (χ0v) is 14.0. The predicted octanol–water partition coefficient (Wildman–Crippen LogP) is 2.63. The van der Waals surface area contributed by atoms with Crippen molar-refractivity contribution in [3.63, 3.8) is 0 Å². The van der Waals surface area contributed by atoms with Crippen molar-refractivity contribution in [2.45, 2.75) is 46.6 Å². The van der Waals surface area contributed by atoms with Crippen LogP contribution in [-0.2, 0) is 6.54 Å². The van der Waals surface area contributed by atoms with E-state index in [4.69, 9.17) is 5.11 Å². The fourth-order valence-electron chi connectivity index (χ4n) is 1.94. The molecule has 20 heavy (non-hydrogen) atoms. The van der Waals surface area contributed by atoms with Crippen LogP contribution in [0.4, 0.5) is 5.69 Å². The Balaban J connectivity index is 2.74. The molecule has 1 rings (SSSR count). The fraction of sp³-hybridized carbons (Fsp3) is 0.714. The molecule has 0 radical (unpaired) electrons. The van der Waals surface area contributed by atoms with E-state index in [1.54, 1.807) is 6.20 Å². The summed E-state index contributed by atoms with van der Waals surface area (Å²) in [5, 5.41) is 16.3. The summed E-state index contributed by atoms with van der Waals surface area (Å²) in [5.74, 6) is 0. The summed E-state index contributed by atoms with van der Waals surface area (Å²) in [5.41, 5.74) is 0.671. The summed E-state index contributed by atoms with van der Waals surface area (Å²) in [6, 6.07) is 0. The van der Waals surface area contributed by atoms with Crippen LogP contribution in [0.5, 0.6) is 0 Å². The molecule has 1 heterocycles. The summed E-state index contributed by atoms with van der Waals surface area (Å²) in [6.45, 7) is 7.84. The molecule has 0 amide bonds. The number of anilines is 1. The summed E-state index contributed by atoms with van der Waals surface area (Å²) in [6.07, 6.45) is 4.27. The van der Waals surface area contributed by atoms with Crippen LogP contribution < -0.4 is 10.9 Å². The fourth-order valence-corrected chi connectivity index (χ4v) is 2.39. The highest BCUT2D eigenvalue weighted by atomic mass is 79.9. The van der Waals surface area contributed by atoms with E-state index >= 15 is 0 Å². The lowest BCUT2D eigenvalue weighted by Crippen LogP contribution is -2.27. The van der Waals surface area contributed by atoms with Crippen molar-refractivity contribution in [2.75, 3.05) is 18.5 Å². The highest BCUT2D eigenvalue weighted by Crippen LogP contribution is 2.24. The number of hydrogen-bond acceptors (Lipinski definition) is 4. The molecule has 0 aliphatic heterocycles. The molecule has 5 nitrogen and oxygen atoms in total. The molecule has 114 valence electrons. The van der Waals surface area contributed by atoms with Crippen molar-refractivity contribution >= 4 is 21.6 Å². The lowest BCUT2D eigenvalue weighted by atomic mass is 9.88. The summed E-state index contributed by atoms with van der Waals surface area (Å²) in [4.78, 5) is 12.1. The van der Waals surface area contributed by atoms with Gasteiger partial charge in [0.15, 0.2) is 0 Å². The van der Waals surface area contributed by atoms with Gasteiger partial charge in [-0.2, -0.15) is 5.10 Å². The topological polar surface area (TPSA) is 67.2 Å². The lowest BCUT2D eigenvalue weighted by Gasteiger charge is -2.25. The summed E-state index contributed by atoms with van der Waals surface area (Å²) >= 11 is 3.35. The SMILES string of the molecule is CCCn1ncc(NCC(C)(C)CCCO)c(Br)c1=O. The van der Waals surface area contributed by atoms with Crippen LogP contribution in [0.1, 0.15) is 40.0 Å². The maximum absolute atomic E-state index is 12.1. The average Bonchev–Trinajstić information content (AvgIpc) is 2.41. The molecule has 0 aliphatic carbocycles. The number of halogens is 1. The Bertz CT molecular complexity index is 486. The number of nitrogens with zero attached hydrogens (tertiary/aromatic N) is 2. The minimum atomic E-state index is -0.106. The smallest absolute Gasteiger partial charge is 0.283 e. The number of aliphatic hydroxyl groups excluding tert-OH is 1. The van der Waals surface area contributed by atoms with Crippen molar-refractivity contribution < 1.29 is 5.11 Å². The Morgan fingerprint density at radius 3 is 2.80 bits per heavy atom. The third-order valence-electron chi connectivity index (χ3n) is 3.19. The van der Waals surface area contributed by atoms with E-state index in [-0.39, 0.29) is 17.6 Å². The van der Waals surface area contributed by atoms with Gasteiger partial charge in [0.2, 0.25) is 0 Å². The Kier molecular flexibility index (Phi) is 6.68. The Morgan fingerprint density at radius 2 is 2.20 bits per heavy atom. The standard InChI is InChI=1S/C14H24BrN3O2/c1-4-7-18-13(20)12(15)11(9-17-18)16-10-14(2,3)6-5-8-19/h9,16,19H,4-8,10H2,1-3H3. The predicted molar refractivity (Wildman–Crippen MR) is 85.1 cm³/mol. The van der Waals surface area contributed by atoms with Crippen molar-refractivity contribution in [3.8, 4) is 0 Å². The first-order chi connectivity index (χ1) is 9.41. The van der Waals surface area contributed by atoms with Crippen LogP contribution in [0.3, 0.4) is 0 Å². The summed E-state index contributed by atoms with van der Waals surface area (Å²) < 4.78 is 1.99. The first-order valence-corrected chi connectivity index (χ1v) is 7.81. The third-order valence-corrected chi connectivity index (χ3v) is 3.96. The monoisotopic (exact) mass is 345 g/mol. The first kappa shape index (κ1) is 17.2. The molecule has 1 aromatic heterocycles. The van der Waals surface area contributed by atoms with Gasteiger partial charge in [-0.15, -0.1) is 0 Å². The van der Waals surface area contributed by atoms with Gasteiger partial charge in [0.05, 0.1) is 11.9 Å². The van der Waals surface area contributed by atoms with Gasteiger partial charge in [0.25, 0.3) is 5.56 Å². The van der Waals surface area contributed by atoms with E-state index in [2.05, 4.69) is 40.2 Å². The van der Waals surface area contributed by atoms with Gasteiger partial charge in [0, 0.05) is 19.7 Å². The molecule has 6 heteroatoms. The maximum atomic E-state index is 12.1. The number of rotatable bonds is 8. The molecule has 0 aromatic carbocycles. The van der Waals surface area contributed by atoms with E-state index < -0.39 is 0 Å². The number of aromatic nitrogens is 2. The van der Waals surface area contributed by atoms with E-state index in [1.165, 1.54) is 4.68 Å². The molecule has 0 atom stereocenters. The molecule has 0 aliphatic rings. The number of aliphatic hydroxyl groups is 1. The molecule has 0 saturated carbocycles. The Hall–Kier alpha value is -0.880. The van der Waals surface area contributed by atoms with Gasteiger partial charge in [-0.25, -0.2) is 4.68 Å². The van der Waals surface area contributed by atoms with E-state index in [9.17, 15) is 4.79 Å². The molecule has 0 bridgehead atoms. The molecule has 0 spiro atoms. The second kappa shape index (κ2) is 7.78. The molecular weight excluding hydrogens is 322 g/mol. The third kappa shape index (κ3) is 4.90. The Labute approximate surface area is 128 Å². The van der Waals surface area contributed by atoms with E-state index in [0.29, 0.717) is 11.0 Å². The number of aryl methyl sites for hydroxylation is 1. The quantitative estimate of drug-likeness (QED) is 0.759. The zero-order valence-electron chi connectivity index (χ0n) is 12.4. The first-order valence-electron chi connectivity index (χ1n) is 7.01. The second-order valence-electron chi connectivity index (χ2n) is 5.75. The average molecular weight is 346 g/mol. The van der Waals surface area contributed by atoms with Gasteiger partial charge in [-0.3, -0.25) is 4.79 Å². The zero-order chi connectivity index (χ0) is 15.2. The van der Waals surface area contributed by atoms with E-state index in [0.717, 1.165) is 31.5 Å². The van der Waals surface area contributed by atoms with Crippen LogP contribution >= 0.6 is 15.9 Å². The van der Waals surface area contributed by atoms with Crippen LogP contribution in [-0.4, -0.2) is 28.0 Å². The second-order valence-corrected chi connectivity index (χ2v) is 6.54. The number of hydrogen-bond donors (Lipinski definition) is 2. The normalized spacial score (nSPS) is 11.7. The molecule has 0 saturated heterocycles. The maximum Gasteiger partial charge on any atom is 0.283 e. The minimum absolute atomic E-state index is 0.0560. The summed E-state index contributed by atoms with van der Waals surface area (Å²) in [7, 11) is 0. The largest absolute Gasteiger partial charge is 0.396 e. The van der Waals surface area contributed by atoms with E-state index in [1.807, 2.05) is 6.92 Å². The Morgan fingerprint density at radius 1 is 1.50 bits per heavy atom. The van der Waals surface area contributed by atoms with Crippen molar-refractivity contribution in [2.24, 2.45) is 5.41 Å². The number of nitrogens with one attached hydrogen (secondary N) is 1. The molecule has 1 aromatic rings. The van der Waals surface area contributed by atoms with Gasteiger partial charge < -0.3 is 10.4 Å². The van der Waals surface area contributed by atoms with Crippen LogP contribution in [0.15, 0.2) is 15.5 Å². The molecular formula is C14H24BrN3O2. The minimum Gasteiger partial charge on any atom is -0.396 e.